The van der Waals surface area contributed by atoms with Crippen molar-refractivity contribution in [3.63, 3.8) is 0 Å². The summed E-state index contributed by atoms with van der Waals surface area (Å²) in [6.07, 6.45) is 0.409. The number of carbonyl (C=O) groups excluding carboxylic acids is 2. The highest BCUT2D eigenvalue weighted by molar-refractivity contribution is 6.05. The topological polar surface area (TPSA) is 83.9 Å². The molecule has 2 amide bonds. The normalized spacial score (nSPS) is 17.7. The van der Waals surface area contributed by atoms with Crippen LogP contribution in [0.3, 0.4) is 0 Å². The maximum Gasteiger partial charge on any atom is 0.262 e. The standard InChI is InChI=1S/C29H37FN4O5/c1-20(2)29(36)33(12-11-32-13-15-39-16-14-32)19-28(35)34-26(21-5-7-22(30)8-6-21)18-25(31-34)24-10-9-23(37-3)17-27(24)38-4/h5-10,17,20,26H,11-16,18-19H2,1-4H3/t26-/m0/s1. The van der Waals surface area contributed by atoms with Crippen LogP contribution < -0.4 is 9.47 Å². The van der Waals surface area contributed by atoms with E-state index < -0.39 is 6.04 Å². The van der Waals surface area contributed by atoms with Crippen LogP contribution in [0.4, 0.5) is 4.39 Å². The quantitative estimate of drug-likeness (QED) is 0.460. The highest BCUT2D eigenvalue weighted by atomic mass is 19.1. The summed E-state index contributed by atoms with van der Waals surface area (Å²) in [5, 5.41) is 6.16. The van der Waals surface area contributed by atoms with E-state index in [1.165, 1.54) is 17.1 Å². The Hall–Kier alpha value is -3.50. The van der Waals surface area contributed by atoms with E-state index in [-0.39, 0.29) is 30.1 Å². The van der Waals surface area contributed by atoms with E-state index in [2.05, 4.69) is 4.90 Å². The summed E-state index contributed by atoms with van der Waals surface area (Å²) in [6.45, 7) is 7.58. The first-order chi connectivity index (χ1) is 18.8. The molecule has 1 atom stereocenters. The highest BCUT2D eigenvalue weighted by Crippen LogP contribution is 2.36. The molecule has 2 aliphatic rings. The van der Waals surface area contributed by atoms with Crippen molar-refractivity contribution in [2.24, 2.45) is 11.0 Å². The lowest BCUT2D eigenvalue weighted by Gasteiger charge is -2.31. The first-order valence-corrected chi connectivity index (χ1v) is 13.3. The lowest BCUT2D eigenvalue weighted by atomic mass is 9.97. The number of ether oxygens (including phenoxy) is 3. The summed E-state index contributed by atoms with van der Waals surface area (Å²) < 4.78 is 30.1. The zero-order valence-electron chi connectivity index (χ0n) is 23.1. The minimum atomic E-state index is -0.449. The van der Waals surface area contributed by atoms with Crippen LogP contribution in [0.2, 0.25) is 0 Å². The maximum absolute atomic E-state index is 13.8. The molecule has 2 aliphatic heterocycles. The number of morpholine rings is 1. The van der Waals surface area contributed by atoms with Gasteiger partial charge in [0.05, 0.1) is 39.2 Å². The molecule has 0 aromatic heterocycles. The number of methoxy groups -OCH3 is 2. The average Bonchev–Trinajstić information content (AvgIpc) is 3.40. The lowest BCUT2D eigenvalue weighted by molar-refractivity contribution is -0.143. The molecule has 0 radical (unpaired) electrons. The summed E-state index contributed by atoms with van der Waals surface area (Å²) >= 11 is 0. The number of halogens is 1. The van der Waals surface area contributed by atoms with E-state index in [9.17, 15) is 14.0 Å². The molecule has 0 N–H and O–H groups in total. The van der Waals surface area contributed by atoms with E-state index in [0.29, 0.717) is 49.9 Å². The first-order valence-electron chi connectivity index (χ1n) is 13.3. The van der Waals surface area contributed by atoms with E-state index in [4.69, 9.17) is 19.3 Å². The minimum Gasteiger partial charge on any atom is -0.497 e. The van der Waals surface area contributed by atoms with E-state index in [1.54, 1.807) is 37.3 Å². The molecule has 9 nitrogen and oxygen atoms in total. The summed E-state index contributed by atoms with van der Waals surface area (Å²) in [7, 11) is 3.15. The Morgan fingerprint density at radius 2 is 1.82 bits per heavy atom. The van der Waals surface area contributed by atoms with Gasteiger partial charge in [-0.1, -0.05) is 26.0 Å². The molecule has 0 bridgehead atoms. The second-order valence-electron chi connectivity index (χ2n) is 9.99. The van der Waals surface area contributed by atoms with Gasteiger partial charge in [-0.3, -0.25) is 14.5 Å². The molecular formula is C29H37FN4O5. The molecule has 10 heteroatoms. The molecule has 39 heavy (non-hydrogen) atoms. The van der Waals surface area contributed by atoms with Gasteiger partial charge in [0.25, 0.3) is 5.91 Å². The zero-order chi connectivity index (χ0) is 27.9. The third kappa shape index (κ3) is 6.93. The number of hydrogen-bond donors (Lipinski definition) is 0. The van der Waals surface area contributed by atoms with Crippen molar-refractivity contribution in [2.75, 3.05) is 60.2 Å². The lowest BCUT2D eigenvalue weighted by Crippen LogP contribution is -2.47. The van der Waals surface area contributed by atoms with Crippen LogP contribution in [0.25, 0.3) is 0 Å². The fraction of sp³-hybridized carbons (Fsp3) is 0.483. The van der Waals surface area contributed by atoms with Crippen molar-refractivity contribution >= 4 is 17.5 Å². The van der Waals surface area contributed by atoms with Crippen LogP contribution in [-0.4, -0.2) is 92.5 Å². The number of carbonyl (C=O) groups is 2. The largest absolute Gasteiger partial charge is 0.497 e. The van der Waals surface area contributed by atoms with Gasteiger partial charge in [0.2, 0.25) is 5.91 Å². The molecule has 0 aliphatic carbocycles. The van der Waals surface area contributed by atoms with Gasteiger partial charge in [-0.05, 0) is 29.8 Å². The van der Waals surface area contributed by atoms with Gasteiger partial charge < -0.3 is 19.1 Å². The Morgan fingerprint density at radius 1 is 1.10 bits per heavy atom. The maximum atomic E-state index is 13.8. The van der Waals surface area contributed by atoms with Crippen LogP contribution in [0.15, 0.2) is 47.6 Å². The number of benzene rings is 2. The Morgan fingerprint density at radius 3 is 2.46 bits per heavy atom. The molecule has 210 valence electrons. The molecule has 1 saturated heterocycles. The third-order valence-corrected chi connectivity index (χ3v) is 7.06. The van der Waals surface area contributed by atoms with Gasteiger partial charge in [-0.25, -0.2) is 9.40 Å². The van der Waals surface area contributed by atoms with Gasteiger partial charge in [0.15, 0.2) is 0 Å². The van der Waals surface area contributed by atoms with Crippen LogP contribution >= 0.6 is 0 Å². The van der Waals surface area contributed by atoms with E-state index >= 15 is 0 Å². The van der Waals surface area contributed by atoms with Crippen LogP contribution in [-0.2, 0) is 14.3 Å². The number of amides is 2. The molecule has 0 unspecified atom stereocenters. The summed E-state index contributed by atoms with van der Waals surface area (Å²) in [4.78, 5) is 30.7. The third-order valence-electron chi connectivity index (χ3n) is 7.06. The fourth-order valence-corrected chi connectivity index (χ4v) is 4.84. The summed E-state index contributed by atoms with van der Waals surface area (Å²) in [6, 6.07) is 11.1. The summed E-state index contributed by atoms with van der Waals surface area (Å²) in [5.41, 5.74) is 2.15. The molecule has 4 rings (SSSR count). The van der Waals surface area contributed by atoms with Gasteiger partial charge in [-0.15, -0.1) is 0 Å². The van der Waals surface area contributed by atoms with Crippen LogP contribution in [0, 0.1) is 11.7 Å². The second-order valence-corrected chi connectivity index (χ2v) is 9.99. The van der Waals surface area contributed by atoms with Crippen molar-refractivity contribution in [2.45, 2.75) is 26.3 Å². The Kier molecular flexibility index (Phi) is 9.53. The molecule has 0 saturated carbocycles. The van der Waals surface area contributed by atoms with E-state index in [0.717, 1.165) is 24.2 Å². The van der Waals surface area contributed by atoms with Gasteiger partial charge >= 0.3 is 0 Å². The van der Waals surface area contributed by atoms with Gasteiger partial charge in [0, 0.05) is 50.1 Å². The molecule has 2 aromatic rings. The number of hydrogen-bond acceptors (Lipinski definition) is 7. The Bertz CT molecular complexity index is 1180. The molecular weight excluding hydrogens is 503 g/mol. The number of rotatable bonds is 10. The Balaban J connectivity index is 1.61. The SMILES string of the molecule is COc1ccc(C2=NN(C(=O)CN(CCN3CCOCC3)C(=O)C(C)C)[C@H](c3ccc(F)cc3)C2)c(OC)c1. The minimum absolute atomic E-state index is 0.0878. The molecule has 2 aromatic carbocycles. The molecule has 1 fully saturated rings. The van der Waals surface area contributed by atoms with Crippen molar-refractivity contribution in [1.82, 2.24) is 14.8 Å². The Labute approximate surface area is 229 Å². The predicted molar refractivity (Wildman–Crippen MR) is 145 cm³/mol. The predicted octanol–water partition coefficient (Wildman–Crippen LogP) is 3.34. The molecule has 2 heterocycles. The van der Waals surface area contributed by atoms with Gasteiger partial charge in [-0.2, -0.15) is 5.10 Å². The average molecular weight is 541 g/mol. The van der Waals surface area contributed by atoms with Crippen LogP contribution in [0.5, 0.6) is 11.5 Å². The van der Waals surface area contributed by atoms with Crippen molar-refractivity contribution < 1.29 is 28.2 Å². The van der Waals surface area contributed by atoms with Gasteiger partial charge in [0.1, 0.15) is 23.9 Å². The first kappa shape index (κ1) is 28.5. The monoisotopic (exact) mass is 540 g/mol. The van der Waals surface area contributed by atoms with Crippen molar-refractivity contribution in [3.8, 4) is 11.5 Å². The highest BCUT2D eigenvalue weighted by Gasteiger charge is 2.35. The smallest absolute Gasteiger partial charge is 0.262 e. The van der Waals surface area contributed by atoms with Crippen molar-refractivity contribution in [1.29, 1.82) is 0 Å². The number of nitrogens with zero attached hydrogens (tertiary/aromatic N) is 4. The summed E-state index contributed by atoms with van der Waals surface area (Å²) in [5.74, 6) is 0.210. The number of hydrazone groups is 1. The molecule has 0 spiro atoms. The fourth-order valence-electron chi connectivity index (χ4n) is 4.84. The zero-order valence-corrected chi connectivity index (χ0v) is 23.1. The second kappa shape index (κ2) is 13.0. The van der Waals surface area contributed by atoms with Crippen LogP contribution in [0.1, 0.15) is 37.4 Å². The van der Waals surface area contributed by atoms with E-state index in [1.807, 2.05) is 26.0 Å². The van der Waals surface area contributed by atoms with Crippen molar-refractivity contribution in [3.05, 3.63) is 59.4 Å².